The fraction of sp³-hybridized carbons (Fsp3) is 0.118. The molecule has 0 saturated carbocycles. The lowest BCUT2D eigenvalue weighted by molar-refractivity contribution is 0.0699. The fourth-order valence-corrected chi connectivity index (χ4v) is 2.47. The number of hydrogen-bond donors (Lipinski definition) is 2. The summed E-state index contributed by atoms with van der Waals surface area (Å²) >= 11 is 0. The van der Waals surface area contributed by atoms with Crippen LogP contribution in [0.5, 0.6) is 0 Å². The number of benzene rings is 2. The lowest BCUT2D eigenvalue weighted by Gasteiger charge is -2.07. The molecule has 0 aliphatic carbocycles. The number of carboxylic acids is 1. The lowest BCUT2D eigenvalue weighted by atomic mass is 10.00. The Balaban J connectivity index is 1.97. The first kappa shape index (κ1) is 14.0. The summed E-state index contributed by atoms with van der Waals surface area (Å²) in [4.78, 5) is 19.6. The molecule has 3 aromatic rings. The lowest BCUT2D eigenvalue weighted by Crippen LogP contribution is -1.99. The minimum Gasteiger partial charge on any atom is -0.478 e. The SMILES string of the molecule is CNc1cc(Cc2ccc3c(C(=O)O)cccc3c2)ncn1. The molecule has 0 aliphatic heterocycles. The van der Waals surface area contributed by atoms with E-state index in [9.17, 15) is 9.90 Å². The maximum Gasteiger partial charge on any atom is 0.336 e. The molecule has 0 amide bonds. The van der Waals surface area contributed by atoms with E-state index in [0.29, 0.717) is 12.0 Å². The van der Waals surface area contributed by atoms with E-state index in [1.54, 1.807) is 12.1 Å². The Bertz CT molecular complexity index is 846. The van der Waals surface area contributed by atoms with Crippen LogP contribution in [0.15, 0.2) is 48.8 Å². The van der Waals surface area contributed by atoms with Gasteiger partial charge in [-0.25, -0.2) is 14.8 Å². The molecule has 5 heteroatoms. The molecule has 2 N–H and O–H groups in total. The fourth-order valence-electron chi connectivity index (χ4n) is 2.47. The number of rotatable bonds is 4. The van der Waals surface area contributed by atoms with E-state index >= 15 is 0 Å². The second-order valence-electron chi connectivity index (χ2n) is 4.99. The van der Waals surface area contributed by atoms with Crippen LogP contribution in [0.25, 0.3) is 10.8 Å². The first-order valence-corrected chi connectivity index (χ1v) is 6.91. The third kappa shape index (κ3) is 2.74. The Morgan fingerprint density at radius 3 is 2.82 bits per heavy atom. The number of nitrogens with one attached hydrogen (secondary N) is 1. The highest BCUT2D eigenvalue weighted by Crippen LogP contribution is 2.22. The van der Waals surface area contributed by atoms with Crippen molar-refractivity contribution in [1.29, 1.82) is 0 Å². The average Bonchev–Trinajstić information content (AvgIpc) is 2.54. The highest BCUT2D eigenvalue weighted by Gasteiger charge is 2.08. The molecule has 0 unspecified atom stereocenters. The van der Waals surface area contributed by atoms with Crippen LogP contribution in [0.3, 0.4) is 0 Å². The van der Waals surface area contributed by atoms with Gasteiger partial charge in [0.05, 0.1) is 11.3 Å². The molecule has 0 atom stereocenters. The summed E-state index contributed by atoms with van der Waals surface area (Å²) in [5, 5.41) is 13.9. The van der Waals surface area contributed by atoms with E-state index in [1.165, 1.54) is 6.33 Å². The van der Waals surface area contributed by atoms with Gasteiger partial charge in [-0.1, -0.05) is 30.3 Å². The standard InChI is InChI=1S/C17H15N3O2/c1-18-16-9-13(19-10-20-16)8-11-5-6-14-12(7-11)3-2-4-15(14)17(21)22/h2-7,9-10H,8H2,1H3,(H,21,22)(H,18,19,20). The van der Waals surface area contributed by atoms with Crippen molar-refractivity contribution in [2.75, 3.05) is 12.4 Å². The second kappa shape index (κ2) is 5.81. The van der Waals surface area contributed by atoms with Crippen molar-refractivity contribution in [2.45, 2.75) is 6.42 Å². The summed E-state index contributed by atoms with van der Waals surface area (Å²) in [6.07, 6.45) is 2.20. The molecule has 0 saturated heterocycles. The van der Waals surface area contributed by atoms with Crippen LogP contribution in [0, 0.1) is 0 Å². The molecular formula is C17H15N3O2. The normalized spacial score (nSPS) is 10.6. The van der Waals surface area contributed by atoms with Crippen molar-refractivity contribution in [1.82, 2.24) is 9.97 Å². The van der Waals surface area contributed by atoms with Crippen LogP contribution in [-0.2, 0) is 6.42 Å². The van der Waals surface area contributed by atoms with E-state index in [-0.39, 0.29) is 0 Å². The van der Waals surface area contributed by atoms with Gasteiger partial charge in [0.25, 0.3) is 0 Å². The van der Waals surface area contributed by atoms with E-state index in [4.69, 9.17) is 0 Å². The van der Waals surface area contributed by atoms with Crippen LogP contribution in [-0.4, -0.2) is 28.1 Å². The number of carboxylic acid groups (broad SMARTS) is 1. The number of carbonyl (C=O) groups is 1. The molecule has 0 fully saturated rings. The second-order valence-corrected chi connectivity index (χ2v) is 4.99. The van der Waals surface area contributed by atoms with Crippen molar-refractivity contribution >= 4 is 22.6 Å². The van der Waals surface area contributed by atoms with Crippen molar-refractivity contribution in [3.8, 4) is 0 Å². The van der Waals surface area contributed by atoms with Gasteiger partial charge < -0.3 is 10.4 Å². The van der Waals surface area contributed by atoms with Crippen molar-refractivity contribution in [2.24, 2.45) is 0 Å². The van der Waals surface area contributed by atoms with Crippen LogP contribution in [0.1, 0.15) is 21.6 Å². The minimum absolute atomic E-state index is 0.323. The molecular weight excluding hydrogens is 278 g/mol. The van der Waals surface area contributed by atoms with Gasteiger partial charge in [0.1, 0.15) is 12.1 Å². The number of hydrogen-bond acceptors (Lipinski definition) is 4. The average molecular weight is 293 g/mol. The molecule has 1 aromatic heterocycles. The van der Waals surface area contributed by atoms with E-state index in [1.807, 2.05) is 37.4 Å². The summed E-state index contributed by atoms with van der Waals surface area (Å²) in [6, 6.07) is 13.0. The predicted octanol–water partition coefficient (Wildman–Crippen LogP) is 2.96. The zero-order valence-corrected chi connectivity index (χ0v) is 12.1. The summed E-state index contributed by atoms with van der Waals surface area (Å²) in [5.74, 6) is -0.133. The van der Waals surface area contributed by atoms with Gasteiger partial charge in [-0.15, -0.1) is 0 Å². The third-order valence-electron chi connectivity index (χ3n) is 3.54. The molecule has 2 aromatic carbocycles. The van der Waals surface area contributed by atoms with Gasteiger partial charge in [-0.05, 0) is 22.4 Å². The van der Waals surface area contributed by atoms with E-state index in [0.717, 1.165) is 27.8 Å². The molecule has 1 heterocycles. The summed E-state index contributed by atoms with van der Waals surface area (Å²) in [5.41, 5.74) is 2.31. The van der Waals surface area contributed by atoms with Gasteiger partial charge in [0, 0.05) is 19.5 Å². The molecule has 0 aliphatic rings. The molecule has 5 nitrogen and oxygen atoms in total. The Kier molecular flexibility index (Phi) is 3.70. The number of fused-ring (bicyclic) bond motifs is 1. The van der Waals surface area contributed by atoms with Gasteiger partial charge in [-0.3, -0.25) is 0 Å². The predicted molar refractivity (Wildman–Crippen MR) is 85.3 cm³/mol. The maximum absolute atomic E-state index is 11.2. The Labute approximate surface area is 127 Å². The molecule has 3 rings (SSSR count). The quantitative estimate of drug-likeness (QED) is 0.773. The first-order chi connectivity index (χ1) is 10.7. The van der Waals surface area contributed by atoms with Crippen LogP contribution in [0.4, 0.5) is 5.82 Å². The van der Waals surface area contributed by atoms with E-state index in [2.05, 4.69) is 15.3 Å². The Morgan fingerprint density at radius 1 is 1.18 bits per heavy atom. The van der Waals surface area contributed by atoms with Crippen molar-refractivity contribution in [3.05, 3.63) is 65.6 Å². The number of nitrogens with zero attached hydrogens (tertiary/aromatic N) is 2. The first-order valence-electron chi connectivity index (χ1n) is 6.91. The molecule has 0 spiro atoms. The van der Waals surface area contributed by atoms with E-state index < -0.39 is 5.97 Å². The maximum atomic E-state index is 11.2. The van der Waals surface area contributed by atoms with Gasteiger partial charge in [-0.2, -0.15) is 0 Å². The van der Waals surface area contributed by atoms with Crippen molar-refractivity contribution in [3.63, 3.8) is 0 Å². The summed E-state index contributed by atoms with van der Waals surface area (Å²) < 4.78 is 0. The summed E-state index contributed by atoms with van der Waals surface area (Å²) in [6.45, 7) is 0. The molecule has 110 valence electrons. The molecule has 0 bridgehead atoms. The smallest absolute Gasteiger partial charge is 0.336 e. The monoisotopic (exact) mass is 293 g/mol. The van der Waals surface area contributed by atoms with Crippen LogP contribution >= 0.6 is 0 Å². The molecule has 22 heavy (non-hydrogen) atoms. The van der Waals surface area contributed by atoms with Crippen molar-refractivity contribution < 1.29 is 9.90 Å². The van der Waals surface area contributed by atoms with Gasteiger partial charge in [0.2, 0.25) is 0 Å². The Morgan fingerprint density at radius 2 is 2.05 bits per heavy atom. The van der Waals surface area contributed by atoms with Crippen LogP contribution < -0.4 is 5.32 Å². The zero-order valence-electron chi connectivity index (χ0n) is 12.1. The Hall–Kier alpha value is -2.95. The number of aromatic carboxylic acids is 1. The minimum atomic E-state index is -0.909. The highest BCUT2D eigenvalue weighted by molar-refractivity contribution is 6.03. The number of aromatic nitrogens is 2. The van der Waals surface area contributed by atoms with Gasteiger partial charge in [0.15, 0.2) is 0 Å². The largest absolute Gasteiger partial charge is 0.478 e. The number of anilines is 1. The summed E-state index contributed by atoms with van der Waals surface area (Å²) in [7, 11) is 1.82. The topological polar surface area (TPSA) is 75.1 Å². The zero-order chi connectivity index (χ0) is 15.5. The third-order valence-corrected chi connectivity index (χ3v) is 3.54. The van der Waals surface area contributed by atoms with Gasteiger partial charge >= 0.3 is 5.97 Å². The molecule has 0 radical (unpaired) electrons. The highest BCUT2D eigenvalue weighted by atomic mass is 16.4. The van der Waals surface area contributed by atoms with Crippen LogP contribution in [0.2, 0.25) is 0 Å².